The molecule has 1 aromatic carbocycles. The Morgan fingerprint density at radius 3 is 2.79 bits per heavy atom. The maximum atomic E-state index is 10.2. The van der Waals surface area contributed by atoms with Gasteiger partial charge in [-0.15, -0.1) is 0 Å². The molecule has 0 radical (unpaired) electrons. The van der Waals surface area contributed by atoms with Gasteiger partial charge >= 0.3 is 0 Å². The van der Waals surface area contributed by atoms with E-state index < -0.39 is 0 Å². The van der Waals surface area contributed by atoms with E-state index in [1.807, 2.05) is 6.07 Å². The van der Waals surface area contributed by atoms with Crippen molar-refractivity contribution >= 4 is 11.6 Å². The zero-order chi connectivity index (χ0) is 14.0. The molecule has 1 heterocycles. The van der Waals surface area contributed by atoms with Crippen LogP contribution in [0.4, 0.5) is 0 Å². The summed E-state index contributed by atoms with van der Waals surface area (Å²) in [6, 6.07) is 4.01. The second-order valence-electron chi connectivity index (χ2n) is 5.58. The van der Waals surface area contributed by atoms with Crippen molar-refractivity contribution in [3.05, 3.63) is 22.7 Å². The number of hydrogen-bond acceptors (Lipinski definition) is 3. The molecule has 1 fully saturated rings. The van der Waals surface area contributed by atoms with E-state index in [2.05, 4.69) is 18.7 Å². The van der Waals surface area contributed by atoms with Gasteiger partial charge in [-0.2, -0.15) is 0 Å². The molecular weight excluding hydrogens is 262 g/mol. The van der Waals surface area contributed by atoms with Crippen LogP contribution in [0.25, 0.3) is 0 Å². The van der Waals surface area contributed by atoms with Crippen LogP contribution in [0.15, 0.2) is 12.1 Å². The average molecular weight is 284 g/mol. The van der Waals surface area contributed by atoms with Crippen molar-refractivity contribution in [2.24, 2.45) is 5.92 Å². The number of benzene rings is 1. The lowest BCUT2D eigenvalue weighted by Crippen LogP contribution is -2.40. The average Bonchev–Trinajstić information content (AvgIpc) is 2.37. The number of phenolic OH excluding ortho intramolecular Hbond substituents is 1. The van der Waals surface area contributed by atoms with E-state index in [0.717, 1.165) is 12.1 Å². The van der Waals surface area contributed by atoms with Crippen LogP contribution in [-0.4, -0.2) is 29.7 Å². The van der Waals surface area contributed by atoms with Gasteiger partial charge in [-0.05, 0) is 31.7 Å². The SMILES string of the molecule is COc1cc(Cl)cc(CN2CC(C)CCC2C)c1O. The summed E-state index contributed by atoms with van der Waals surface area (Å²) >= 11 is 6.07. The van der Waals surface area contributed by atoms with E-state index in [4.69, 9.17) is 16.3 Å². The first-order chi connectivity index (χ1) is 9.01. The number of halogens is 1. The fraction of sp³-hybridized carbons (Fsp3) is 0.600. The summed E-state index contributed by atoms with van der Waals surface area (Å²) in [5, 5.41) is 10.8. The minimum atomic E-state index is 0.206. The van der Waals surface area contributed by atoms with Crippen LogP contribution in [0.2, 0.25) is 5.02 Å². The first-order valence-electron chi connectivity index (χ1n) is 6.80. The molecule has 0 bridgehead atoms. The van der Waals surface area contributed by atoms with Gasteiger partial charge < -0.3 is 9.84 Å². The predicted molar refractivity (Wildman–Crippen MR) is 77.9 cm³/mol. The van der Waals surface area contributed by atoms with Gasteiger partial charge in [0.1, 0.15) is 0 Å². The maximum absolute atomic E-state index is 10.2. The molecule has 0 spiro atoms. The molecule has 1 aromatic rings. The third-order valence-corrected chi connectivity index (χ3v) is 4.18. The van der Waals surface area contributed by atoms with Gasteiger partial charge in [-0.1, -0.05) is 18.5 Å². The normalized spacial score (nSPS) is 24.4. The van der Waals surface area contributed by atoms with Crippen LogP contribution in [0.3, 0.4) is 0 Å². The fourth-order valence-corrected chi connectivity index (χ4v) is 2.95. The van der Waals surface area contributed by atoms with E-state index in [9.17, 15) is 5.11 Å². The lowest BCUT2D eigenvalue weighted by molar-refractivity contribution is 0.116. The van der Waals surface area contributed by atoms with Crippen molar-refractivity contribution in [1.82, 2.24) is 4.90 Å². The Hall–Kier alpha value is -0.930. The van der Waals surface area contributed by atoms with Gasteiger partial charge in [0.2, 0.25) is 0 Å². The third kappa shape index (κ3) is 3.34. The van der Waals surface area contributed by atoms with Crippen molar-refractivity contribution < 1.29 is 9.84 Å². The Bertz CT molecular complexity index is 450. The summed E-state index contributed by atoms with van der Waals surface area (Å²) in [7, 11) is 1.54. The number of nitrogens with zero attached hydrogens (tertiary/aromatic N) is 1. The highest BCUT2D eigenvalue weighted by atomic mass is 35.5. The predicted octanol–water partition coefficient (Wildman–Crippen LogP) is 3.67. The largest absolute Gasteiger partial charge is 0.504 e. The Kier molecular flexibility index (Phi) is 4.58. The minimum Gasteiger partial charge on any atom is -0.504 e. The molecule has 3 nitrogen and oxygen atoms in total. The molecule has 1 aliphatic rings. The molecule has 1 N–H and O–H groups in total. The molecule has 2 atom stereocenters. The number of piperidine rings is 1. The Morgan fingerprint density at radius 1 is 1.37 bits per heavy atom. The van der Waals surface area contributed by atoms with Crippen LogP contribution in [-0.2, 0) is 6.54 Å². The van der Waals surface area contributed by atoms with E-state index in [0.29, 0.717) is 29.3 Å². The van der Waals surface area contributed by atoms with E-state index in [1.165, 1.54) is 12.8 Å². The lowest BCUT2D eigenvalue weighted by atomic mass is 9.94. The van der Waals surface area contributed by atoms with Crippen LogP contribution in [0, 0.1) is 5.92 Å². The number of ether oxygens (including phenoxy) is 1. The number of methoxy groups -OCH3 is 1. The molecular formula is C15H22ClNO2. The molecule has 2 unspecified atom stereocenters. The maximum Gasteiger partial charge on any atom is 0.162 e. The molecule has 1 aliphatic heterocycles. The summed E-state index contributed by atoms with van der Waals surface area (Å²) in [5.74, 6) is 1.36. The summed E-state index contributed by atoms with van der Waals surface area (Å²) < 4.78 is 5.15. The highest BCUT2D eigenvalue weighted by Crippen LogP contribution is 2.35. The molecule has 106 valence electrons. The zero-order valence-corrected chi connectivity index (χ0v) is 12.6. The van der Waals surface area contributed by atoms with Gasteiger partial charge in [0.05, 0.1) is 7.11 Å². The first-order valence-corrected chi connectivity index (χ1v) is 7.18. The highest BCUT2D eigenvalue weighted by Gasteiger charge is 2.24. The second kappa shape index (κ2) is 6.02. The number of rotatable bonds is 3. The van der Waals surface area contributed by atoms with Gasteiger partial charge in [-0.3, -0.25) is 4.90 Å². The first kappa shape index (κ1) is 14.5. The number of aromatic hydroxyl groups is 1. The molecule has 0 saturated carbocycles. The minimum absolute atomic E-state index is 0.206. The van der Waals surface area contributed by atoms with Crippen molar-refractivity contribution in [3.63, 3.8) is 0 Å². The van der Waals surface area contributed by atoms with Gasteiger partial charge in [0, 0.05) is 35.8 Å². The van der Waals surface area contributed by atoms with E-state index in [1.54, 1.807) is 13.2 Å². The van der Waals surface area contributed by atoms with E-state index >= 15 is 0 Å². The molecule has 0 aliphatic carbocycles. The fourth-order valence-electron chi connectivity index (χ4n) is 2.72. The van der Waals surface area contributed by atoms with Crippen molar-refractivity contribution in [3.8, 4) is 11.5 Å². The third-order valence-electron chi connectivity index (χ3n) is 3.96. The van der Waals surface area contributed by atoms with Crippen molar-refractivity contribution in [2.75, 3.05) is 13.7 Å². The zero-order valence-electron chi connectivity index (χ0n) is 11.8. The quantitative estimate of drug-likeness (QED) is 0.919. The van der Waals surface area contributed by atoms with Crippen LogP contribution in [0.1, 0.15) is 32.3 Å². The van der Waals surface area contributed by atoms with Crippen molar-refractivity contribution in [2.45, 2.75) is 39.3 Å². The monoisotopic (exact) mass is 283 g/mol. The molecule has 1 saturated heterocycles. The van der Waals surface area contributed by atoms with Crippen LogP contribution in [0.5, 0.6) is 11.5 Å². The second-order valence-corrected chi connectivity index (χ2v) is 6.01. The standard InChI is InChI=1S/C15H22ClNO2/c1-10-4-5-11(2)17(8-10)9-12-6-13(16)7-14(19-3)15(12)18/h6-7,10-11,18H,4-5,8-9H2,1-3H3. The number of hydrogen-bond donors (Lipinski definition) is 1. The summed E-state index contributed by atoms with van der Waals surface area (Å²) in [4.78, 5) is 2.40. The molecule has 2 rings (SSSR count). The molecule has 4 heteroatoms. The van der Waals surface area contributed by atoms with Crippen molar-refractivity contribution in [1.29, 1.82) is 0 Å². The molecule has 0 aromatic heterocycles. The highest BCUT2D eigenvalue weighted by molar-refractivity contribution is 6.30. The number of likely N-dealkylation sites (tertiary alicyclic amines) is 1. The summed E-state index contributed by atoms with van der Waals surface area (Å²) in [6.07, 6.45) is 2.49. The topological polar surface area (TPSA) is 32.7 Å². The molecule has 19 heavy (non-hydrogen) atoms. The van der Waals surface area contributed by atoms with Crippen LogP contribution >= 0.6 is 11.6 Å². The van der Waals surface area contributed by atoms with Gasteiger partial charge in [-0.25, -0.2) is 0 Å². The van der Waals surface area contributed by atoms with Crippen LogP contribution < -0.4 is 4.74 Å². The number of phenols is 1. The Balaban J connectivity index is 2.20. The van der Waals surface area contributed by atoms with Gasteiger partial charge in [0.15, 0.2) is 11.5 Å². The Morgan fingerprint density at radius 2 is 2.11 bits per heavy atom. The van der Waals surface area contributed by atoms with E-state index in [-0.39, 0.29) is 5.75 Å². The lowest BCUT2D eigenvalue weighted by Gasteiger charge is -2.37. The summed E-state index contributed by atoms with van der Waals surface area (Å²) in [6.45, 7) is 6.30. The Labute approximate surface area is 120 Å². The molecule has 0 amide bonds. The van der Waals surface area contributed by atoms with Gasteiger partial charge in [0.25, 0.3) is 0 Å². The summed E-state index contributed by atoms with van der Waals surface area (Å²) in [5.41, 5.74) is 0.838. The smallest absolute Gasteiger partial charge is 0.162 e.